The molecule has 0 amide bonds. The second kappa shape index (κ2) is 10.2. The van der Waals surface area contributed by atoms with E-state index in [4.69, 9.17) is 19.8 Å². The molecule has 0 saturated carbocycles. The quantitative estimate of drug-likeness (QED) is 0.637. The standard InChI is InChI=1S/C6H6O.C2H4O2.CH2O/c7-6-4-2-1-3-5-6;1-2(3)4;1-2/h1-5,7H;1H3,(H,3,4);1H2. The lowest BCUT2D eigenvalue weighted by molar-refractivity contribution is -0.134. The van der Waals surface area contributed by atoms with E-state index >= 15 is 0 Å². The molecule has 1 aromatic rings. The molecule has 0 aliphatic carbocycles. The predicted molar refractivity (Wildman–Crippen MR) is 48.5 cm³/mol. The molecule has 0 saturated heterocycles. The molecule has 2 N–H and O–H groups in total. The van der Waals surface area contributed by atoms with Gasteiger partial charge in [-0.25, -0.2) is 0 Å². The van der Waals surface area contributed by atoms with Gasteiger partial charge in [0.2, 0.25) is 0 Å². The third-order valence-electron chi connectivity index (χ3n) is 0.756. The Hall–Kier alpha value is -1.84. The number of phenols is 1. The number of benzene rings is 1. The molecule has 0 heterocycles. The summed E-state index contributed by atoms with van der Waals surface area (Å²) in [7, 11) is 0. The SMILES string of the molecule is C=O.CC(=O)O.Oc1ccccc1. The molecule has 0 spiro atoms. The van der Waals surface area contributed by atoms with Crippen molar-refractivity contribution in [3.8, 4) is 5.75 Å². The maximum Gasteiger partial charge on any atom is 0.300 e. The van der Waals surface area contributed by atoms with Crippen molar-refractivity contribution in [2.45, 2.75) is 6.92 Å². The van der Waals surface area contributed by atoms with Gasteiger partial charge in [-0.2, -0.15) is 0 Å². The van der Waals surface area contributed by atoms with Gasteiger partial charge >= 0.3 is 0 Å². The summed E-state index contributed by atoms with van der Waals surface area (Å²) in [6.45, 7) is 3.08. The maximum atomic E-state index is 9.00. The molecule has 0 atom stereocenters. The molecule has 4 nitrogen and oxygen atoms in total. The molecular formula is C9H12O4. The van der Waals surface area contributed by atoms with E-state index in [2.05, 4.69) is 0 Å². The Balaban J connectivity index is 0. The monoisotopic (exact) mass is 184 g/mol. The fraction of sp³-hybridized carbons (Fsp3) is 0.111. The molecule has 0 radical (unpaired) electrons. The Labute approximate surface area is 76.4 Å². The molecule has 1 rings (SSSR count). The molecule has 0 unspecified atom stereocenters. The number of aromatic hydroxyl groups is 1. The molecule has 72 valence electrons. The van der Waals surface area contributed by atoms with Gasteiger partial charge in [0.05, 0.1) is 0 Å². The number of rotatable bonds is 0. The summed E-state index contributed by atoms with van der Waals surface area (Å²) in [5.74, 6) is -0.512. The van der Waals surface area contributed by atoms with E-state index < -0.39 is 5.97 Å². The topological polar surface area (TPSA) is 74.6 Å². The van der Waals surface area contributed by atoms with Crippen molar-refractivity contribution in [2.75, 3.05) is 0 Å². The van der Waals surface area contributed by atoms with Gasteiger partial charge in [-0.15, -0.1) is 0 Å². The summed E-state index contributed by atoms with van der Waals surface area (Å²) in [6.07, 6.45) is 0. The molecule has 0 bridgehead atoms. The maximum absolute atomic E-state index is 9.00. The second-order valence-corrected chi connectivity index (χ2v) is 1.85. The van der Waals surface area contributed by atoms with Crippen LogP contribution >= 0.6 is 0 Å². The first-order chi connectivity index (χ1) is 6.13. The van der Waals surface area contributed by atoms with Crippen LogP contribution in [0.5, 0.6) is 5.75 Å². The van der Waals surface area contributed by atoms with Crippen LogP contribution in [0.1, 0.15) is 6.92 Å². The van der Waals surface area contributed by atoms with Crippen molar-refractivity contribution in [2.24, 2.45) is 0 Å². The van der Waals surface area contributed by atoms with Crippen LogP contribution in [-0.4, -0.2) is 23.0 Å². The first kappa shape index (κ1) is 13.7. The highest BCUT2D eigenvalue weighted by atomic mass is 16.4. The number of hydrogen-bond acceptors (Lipinski definition) is 3. The van der Waals surface area contributed by atoms with Crippen molar-refractivity contribution < 1.29 is 19.8 Å². The summed E-state index contributed by atoms with van der Waals surface area (Å²) >= 11 is 0. The summed E-state index contributed by atoms with van der Waals surface area (Å²) in [5.41, 5.74) is 0. The number of para-hydroxylation sites is 1. The van der Waals surface area contributed by atoms with Crippen LogP contribution in [0.3, 0.4) is 0 Å². The van der Waals surface area contributed by atoms with Crippen molar-refractivity contribution in [3.05, 3.63) is 30.3 Å². The van der Waals surface area contributed by atoms with Crippen molar-refractivity contribution >= 4 is 12.8 Å². The molecule has 0 aromatic heterocycles. The average Bonchev–Trinajstić information content (AvgIpc) is 2.08. The molecule has 0 fully saturated rings. The zero-order valence-electron chi connectivity index (χ0n) is 7.30. The van der Waals surface area contributed by atoms with Gasteiger partial charge in [-0.1, -0.05) is 18.2 Å². The third-order valence-corrected chi connectivity index (χ3v) is 0.756. The van der Waals surface area contributed by atoms with Crippen LogP contribution in [0.25, 0.3) is 0 Å². The zero-order valence-corrected chi connectivity index (χ0v) is 7.30. The van der Waals surface area contributed by atoms with Crippen LogP contribution in [0, 0.1) is 0 Å². The molecule has 0 aliphatic rings. The minimum Gasteiger partial charge on any atom is -0.508 e. The summed E-state index contributed by atoms with van der Waals surface area (Å²) in [4.78, 5) is 17.0. The van der Waals surface area contributed by atoms with E-state index in [1.54, 1.807) is 24.3 Å². The van der Waals surface area contributed by atoms with Gasteiger partial charge < -0.3 is 15.0 Å². The number of hydrogen-bond donors (Lipinski definition) is 2. The lowest BCUT2D eigenvalue weighted by atomic mass is 10.3. The minimum absolute atomic E-state index is 0.322. The molecular weight excluding hydrogens is 172 g/mol. The Bertz CT molecular complexity index is 216. The van der Waals surface area contributed by atoms with E-state index in [0.717, 1.165) is 6.92 Å². The number of carbonyl (C=O) groups is 2. The van der Waals surface area contributed by atoms with Crippen LogP contribution < -0.4 is 0 Å². The molecule has 4 heteroatoms. The van der Waals surface area contributed by atoms with Crippen molar-refractivity contribution in [1.82, 2.24) is 0 Å². The fourth-order valence-corrected chi connectivity index (χ4v) is 0.428. The summed E-state index contributed by atoms with van der Waals surface area (Å²) in [6, 6.07) is 8.71. The van der Waals surface area contributed by atoms with Gasteiger partial charge in [-0.05, 0) is 12.1 Å². The Morgan fingerprint density at radius 1 is 1.23 bits per heavy atom. The lowest BCUT2D eigenvalue weighted by Gasteiger charge is -1.82. The number of carbonyl (C=O) groups excluding carboxylic acids is 1. The van der Waals surface area contributed by atoms with Crippen LogP contribution in [0.15, 0.2) is 30.3 Å². The van der Waals surface area contributed by atoms with Crippen molar-refractivity contribution in [3.63, 3.8) is 0 Å². The first-order valence-corrected chi connectivity index (χ1v) is 3.35. The zero-order chi connectivity index (χ0) is 10.7. The van der Waals surface area contributed by atoms with E-state index in [1.165, 1.54) is 0 Å². The first-order valence-electron chi connectivity index (χ1n) is 3.35. The average molecular weight is 184 g/mol. The second-order valence-electron chi connectivity index (χ2n) is 1.85. The third kappa shape index (κ3) is 17.8. The summed E-state index contributed by atoms with van der Waals surface area (Å²) in [5, 5.41) is 16.0. The van der Waals surface area contributed by atoms with Gasteiger partial charge in [0, 0.05) is 6.92 Å². The molecule has 1 aromatic carbocycles. The van der Waals surface area contributed by atoms with Crippen LogP contribution in [-0.2, 0) is 9.59 Å². The highest BCUT2D eigenvalue weighted by Gasteiger charge is 1.74. The van der Waals surface area contributed by atoms with Gasteiger partial charge in [0.15, 0.2) is 0 Å². The highest BCUT2D eigenvalue weighted by Crippen LogP contribution is 2.02. The predicted octanol–water partition coefficient (Wildman–Crippen LogP) is 1.30. The van der Waals surface area contributed by atoms with E-state index in [0.29, 0.717) is 5.75 Å². The largest absolute Gasteiger partial charge is 0.508 e. The Kier molecular flexibility index (Phi) is 10.7. The molecule has 0 aliphatic heterocycles. The fourth-order valence-electron chi connectivity index (χ4n) is 0.428. The van der Waals surface area contributed by atoms with Gasteiger partial charge in [0.25, 0.3) is 5.97 Å². The highest BCUT2D eigenvalue weighted by molar-refractivity contribution is 5.62. The number of carboxylic acid groups (broad SMARTS) is 1. The summed E-state index contributed by atoms with van der Waals surface area (Å²) < 4.78 is 0. The van der Waals surface area contributed by atoms with Gasteiger partial charge in [0.1, 0.15) is 12.5 Å². The Morgan fingerprint density at radius 3 is 1.69 bits per heavy atom. The normalized spacial score (nSPS) is 6.85. The van der Waals surface area contributed by atoms with Crippen LogP contribution in [0.2, 0.25) is 0 Å². The minimum atomic E-state index is -0.833. The Morgan fingerprint density at radius 2 is 1.54 bits per heavy atom. The van der Waals surface area contributed by atoms with Crippen LogP contribution in [0.4, 0.5) is 0 Å². The van der Waals surface area contributed by atoms with Crippen molar-refractivity contribution in [1.29, 1.82) is 0 Å². The van der Waals surface area contributed by atoms with E-state index in [-0.39, 0.29) is 0 Å². The smallest absolute Gasteiger partial charge is 0.300 e. The molecule has 13 heavy (non-hydrogen) atoms. The van der Waals surface area contributed by atoms with E-state index in [9.17, 15) is 0 Å². The number of phenolic OH excluding ortho intramolecular Hbond substituents is 1. The lowest BCUT2D eigenvalue weighted by Crippen LogP contribution is -1.78. The number of aliphatic carboxylic acids is 1. The number of carboxylic acids is 1. The van der Waals surface area contributed by atoms with E-state index in [1.807, 2.05) is 12.9 Å². The van der Waals surface area contributed by atoms with Gasteiger partial charge in [-0.3, -0.25) is 4.79 Å².